The minimum absolute atomic E-state index is 0.817. The van der Waals surface area contributed by atoms with E-state index in [4.69, 9.17) is 4.74 Å². The second kappa shape index (κ2) is 10.00. The predicted molar refractivity (Wildman–Crippen MR) is 183 cm³/mol. The summed E-state index contributed by atoms with van der Waals surface area (Å²) in [5.74, 6) is 1.84. The number of anilines is 3. The van der Waals surface area contributed by atoms with E-state index in [0.29, 0.717) is 0 Å². The third kappa shape index (κ3) is 3.88. The van der Waals surface area contributed by atoms with Crippen LogP contribution in [0.3, 0.4) is 0 Å². The Morgan fingerprint density at radius 2 is 1.23 bits per heavy atom. The first-order chi connectivity index (χ1) is 21.8. The van der Waals surface area contributed by atoms with Crippen molar-refractivity contribution >= 4 is 44.4 Å². The molecule has 7 aromatic rings. The quantitative estimate of drug-likeness (QED) is 0.198. The first kappa shape index (κ1) is 24.9. The van der Waals surface area contributed by atoms with Crippen LogP contribution in [0.25, 0.3) is 38.4 Å². The zero-order chi connectivity index (χ0) is 29.0. The van der Waals surface area contributed by atoms with Crippen LogP contribution in [0.5, 0.6) is 5.75 Å². The van der Waals surface area contributed by atoms with Gasteiger partial charge in [0.05, 0.1) is 11.4 Å². The lowest BCUT2D eigenvalue weighted by atomic mass is 9.93. The average Bonchev–Trinajstić information content (AvgIpc) is 3.47. The molecule has 0 spiro atoms. The molecule has 0 radical (unpaired) electrons. The predicted octanol–water partition coefficient (Wildman–Crippen LogP) is 11.0. The normalized spacial score (nSPS) is 13.1. The average molecular weight is 564 g/mol. The number of fused-ring (bicyclic) bond motifs is 7. The number of hydrogen-bond donors (Lipinski definition) is 0. The van der Waals surface area contributed by atoms with E-state index in [0.717, 1.165) is 47.0 Å². The van der Waals surface area contributed by atoms with Gasteiger partial charge in [-0.15, -0.1) is 0 Å². The monoisotopic (exact) mass is 563 g/mol. The molecule has 44 heavy (non-hydrogen) atoms. The molecule has 0 fully saturated rings. The molecule has 1 heterocycles. The third-order valence-corrected chi connectivity index (χ3v) is 9.08. The van der Waals surface area contributed by atoms with Crippen LogP contribution in [0.2, 0.25) is 0 Å². The van der Waals surface area contributed by atoms with Crippen LogP contribution in [-0.4, -0.2) is 0 Å². The molecular weight excluding hydrogens is 534 g/mol. The highest BCUT2D eigenvalue weighted by Gasteiger charge is 2.33. The minimum atomic E-state index is 0.817. The van der Waals surface area contributed by atoms with Crippen molar-refractivity contribution in [2.45, 2.75) is 12.8 Å². The summed E-state index contributed by atoms with van der Waals surface area (Å²) in [7, 11) is 0. The molecule has 0 saturated carbocycles. The number of nitrogens with zero attached hydrogens (tertiary/aromatic N) is 1. The zero-order valence-corrected chi connectivity index (χ0v) is 24.2. The summed E-state index contributed by atoms with van der Waals surface area (Å²) in [6.07, 6.45) is 3.97. The Labute approximate surface area is 257 Å². The molecule has 9 rings (SSSR count). The highest BCUT2D eigenvalue weighted by Crippen LogP contribution is 2.55. The van der Waals surface area contributed by atoms with E-state index in [1.165, 1.54) is 49.4 Å². The molecule has 1 aliphatic carbocycles. The van der Waals surface area contributed by atoms with Crippen LogP contribution in [0.4, 0.5) is 17.1 Å². The Balaban J connectivity index is 1.39. The van der Waals surface area contributed by atoms with Gasteiger partial charge in [0.2, 0.25) is 0 Å². The lowest BCUT2D eigenvalue weighted by molar-refractivity contribution is 0.499. The van der Waals surface area contributed by atoms with Gasteiger partial charge in [0.15, 0.2) is 5.75 Å². The van der Waals surface area contributed by atoms with Crippen molar-refractivity contribution in [3.8, 4) is 16.9 Å². The van der Waals surface area contributed by atoms with Gasteiger partial charge in [0.25, 0.3) is 0 Å². The van der Waals surface area contributed by atoms with Gasteiger partial charge >= 0.3 is 0 Å². The fourth-order valence-corrected chi connectivity index (χ4v) is 7.13. The lowest BCUT2D eigenvalue weighted by Gasteiger charge is -2.33. The van der Waals surface area contributed by atoms with Gasteiger partial charge in [-0.2, -0.15) is 0 Å². The van der Waals surface area contributed by atoms with Crippen molar-refractivity contribution < 1.29 is 4.74 Å². The maximum absolute atomic E-state index is 7.03. The highest BCUT2D eigenvalue weighted by molar-refractivity contribution is 6.15. The van der Waals surface area contributed by atoms with Gasteiger partial charge in [-0.1, -0.05) is 127 Å². The summed E-state index contributed by atoms with van der Waals surface area (Å²) >= 11 is 0. The molecule has 0 unspecified atom stereocenters. The van der Waals surface area contributed by atoms with Crippen LogP contribution in [0.1, 0.15) is 22.3 Å². The second-order valence-electron chi connectivity index (χ2n) is 11.7. The Hall–Kier alpha value is -5.60. The van der Waals surface area contributed by atoms with Gasteiger partial charge < -0.3 is 9.64 Å². The van der Waals surface area contributed by atoms with E-state index >= 15 is 0 Å². The molecule has 0 bridgehead atoms. The van der Waals surface area contributed by atoms with Gasteiger partial charge in [-0.25, -0.2) is 0 Å². The standard InChI is InChI=1S/C42H29NO/c1-3-13-28(14-4-1)39-24-23-31-26-32-25-29-15-8-10-20-35(29)40(32)41(42(31)44-39)43(33-17-5-2-6-18-33)38-27-30-16-7-9-19-34(30)36-21-11-12-22-37(36)38/h1-22,24,26-27H,23,25H2. The van der Waals surface area contributed by atoms with Crippen molar-refractivity contribution in [3.63, 3.8) is 0 Å². The van der Waals surface area contributed by atoms with E-state index < -0.39 is 0 Å². The largest absolute Gasteiger partial charge is 0.455 e. The molecule has 0 atom stereocenters. The Kier molecular flexibility index (Phi) is 5.67. The fourth-order valence-electron chi connectivity index (χ4n) is 7.13. The molecule has 0 aromatic heterocycles. The number of para-hydroxylation sites is 1. The van der Waals surface area contributed by atoms with Crippen LogP contribution in [0.15, 0.2) is 152 Å². The Morgan fingerprint density at radius 3 is 2.07 bits per heavy atom. The highest BCUT2D eigenvalue weighted by atomic mass is 16.5. The summed E-state index contributed by atoms with van der Waals surface area (Å²) in [5, 5.41) is 4.93. The third-order valence-electron chi connectivity index (χ3n) is 9.08. The van der Waals surface area contributed by atoms with E-state index in [1.807, 2.05) is 0 Å². The molecule has 2 heteroatoms. The summed E-state index contributed by atoms with van der Waals surface area (Å²) in [5.41, 5.74) is 10.9. The minimum Gasteiger partial charge on any atom is -0.455 e. The number of allylic oxidation sites excluding steroid dienone is 1. The van der Waals surface area contributed by atoms with Crippen LogP contribution >= 0.6 is 0 Å². The van der Waals surface area contributed by atoms with Crippen LogP contribution in [-0.2, 0) is 12.8 Å². The van der Waals surface area contributed by atoms with E-state index in [-0.39, 0.29) is 0 Å². The van der Waals surface area contributed by atoms with Crippen molar-refractivity contribution in [1.29, 1.82) is 0 Å². The van der Waals surface area contributed by atoms with Crippen molar-refractivity contribution in [2.24, 2.45) is 0 Å². The Bertz CT molecular complexity index is 2250. The molecule has 0 N–H and O–H groups in total. The van der Waals surface area contributed by atoms with E-state index in [9.17, 15) is 0 Å². The van der Waals surface area contributed by atoms with Gasteiger partial charge in [0, 0.05) is 27.8 Å². The summed E-state index contributed by atoms with van der Waals surface area (Å²) in [4.78, 5) is 2.46. The van der Waals surface area contributed by atoms with Crippen molar-refractivity contribution in [3.05, 3.63) is 174 Å². The SMILES string of the molecule is C1=C(c2ccccc2)Oc2c(cc3c(c2N(c2ccccc2)c2cc4ccccc4c4ccccc24)-c2ccccc2C3)C1. The topological polar surface area (TPSA) is 12.5 Å². The van der Waals surface area contributed by atoms with E-state index in [2.05, 4.69) is 157 Å². The molecule has 208 valence electrons. The van der Waals surface area contributed by atoms with Gasteiger partial charge in [0.1, 0.15) is 5.76 Å². The molecule has 0 saturated heterocycles. The second-order valence-corrected chi connectivity index (χ2v) is 11.7. The summed E-state index contributed by atoms with van der Waals surface area (Å²) < 4.78 is 7.03. The molecule has 2 aliphatic rings. The van der Waals surface area contributed by atoms with Gasteiger partial charge in [-0.05, 0) is 70.0 Å². The summed E-state index contributed by atoms with van der Waals surface area (Å²) in [6.45, 7) is 0. The van der Waals surface area contributed by atoms with Crippen molar-refractivity contribution in [2.75, 3.05) is 4.90 Å². The van der Waals surface area contributed by atoms with Crippen LogP contribution < -0.4 is 9.64 Å². The molecule has 1 aliphatic heterocycles. The molecule has 7 aromatic carbocycles. The van der Waals surface area contributed by atoms with Crippen molar-refractivity contribution in [1.82, 2.24) is 0 Å². The number of benzene rings is 7. The lowest BCUT2D eigenvalue weighted by Crippen LogP contribution is -2.16. The molecule has 0 amide bonds. The first-order valence-corrected chi connectivity index (χ1v) is 15.3. The maximum atomic E-state index is 7.03. The van der Waals surface area contributed by atoms with E-state index in [1.54, 1.807) is 0 Å². The number of hydrogen-bond acceptors (Lipinski definition) is 2. The van der Waals surface area contributed by atoms with Crippen LogP contribution in [0, 0.1) is 0 Å². The summed E-state index contributed by atoms with van der Waals surface area (Å²) in [6, 6.07) is 52.4. The van der Waals surface area contributed by atoms with Gasteiger partial charge in [-0.3, -0.25) is 0 Å². The Morgan fingerprint density at radius 1 is 0.545 bits per heavy atom. The zero-order valence-electron chi connectivity index (χ0n) is 24.2. The number of ether oxygens (including phenoxy) is 1. The maximum Gasteiger partial charge on any atom is 0.155 e. The smallest absolute Gasteiger partial charge is 0.155 e. The fraction of sp³-hybridized carbons (Fsp3) is 0.0476. The number of rotatable bonds is 4. The molecule has 2 nitrogen and oxygen atoms in total. The molecular formula is C42H29NO. The first-order valence-electron chi connectivity index (χ1n) is 15.3.